The van der Waals surface area contributed by atoms with Crippen molar-refractivity contribution in [3.05, 3.63) is 0 Å². The molecule has 0 bridgehead atoms. The van der Waals surface area contributed by atoms with Crippen LogP contribution in [0.5, 0.6) is 0 Å². The smallest absolute Gasteiger partial charge is 0.328 e. The second kappa shape index (κ2) is 10.7. The number of rotatable bonds is 8. The highest BCUT2D eigenvalue weighted by atomic mass is 16.4. The SMILES string of the molecule is CC(=O)N[C@H](C(=O)N1CCC[C@H]1C(=O)N1CCC[C@@H]1C(=O)N[C@H](C(=O)O)[C@@H](C)O)[C@@H](C)O. The number of nitrogens with zero attached hydrogens (tertiary/aromatic N) is 2. The lowest BCUT2D eigenvalue weighted by Gasteiger charge is -2.33. The van der Waals surface area contributed by atoms with Crippen molar-refractivity contribution in [2.45, 2.75) is 82.8 Å². The molecule has 2 fully saturated rings. The van der Waals surface area contributed by atoms with Crippen LogP contribution in [0.3, 0.4) is 0 Å². The number of nitrogens with one attached hydrogen (secondary N) is 2. The molecule has 12 heteroatoms. The number of amides is 4. The lowest BCUT2D eigenvalue weighted by molar-refractivity contribution is -0.150. The maximum absolute atomic E-state index is 13.3. The minimum absolute atomic E-state index is 0.270. The monoisotopic (exact) mass is 456 g/mol. The summed E-state index contributed by atoms with van der Waals surface area (Å²) < 4.78 is 0. The third-order valence-corrected chi connectivity index (χ3v) is 5.81. The fourth-order valence-corrected chi connectivity index (χ4v) is 4.21. The molecule has 2 aliphatic rings. The van der Waals surface area contributed by atoms with Gasteiger partial charge in [-0.1, -0.05) is 0 Å². The number of carboxylic acids is 1. The Morgan fingerprint density at radius 3 is 1.88 bits per heavy atom. The standard InChI is InChI=1S/C20H32N4O8/c1-10(25)15(21-12(3)27)19(30)24-9-5-7-14(24)18(29)23-8-4-6-13(23)17(28)22-16(11(2)26)20(31)32/h10-11,13-16,25-26H,4-9H2,1-3H3,(H,21,27)(H,22,28)(H,31,32)/t10-,11-,13-,14+,15+,16+/m1/s1. The molecular formula is C20H32N4O8. The number of aliphatic carboxylic acids is 1. The number of aliphatic hydroxyl groups excluding tert-OH is 2. The molecule has 0 aromatic carbocycles. The number of aliphatic hydroxyl groups is 2. The zero-order valence-corrected chi connectivity index (χ0v) is 18.5. The number of hydrogen-bond donors (Lipinski definition) is 5. The maximum atomic E-state index is 13.3. The Kier molecular flexibility index (Phi) is 8.56. The molecule has 32 heavy (non-hydrogen) atoms. The van der Waals surface area contributed by atoms with Gasteiger partial charge in [0.25, 0.3) is 0 Å². The molecule has 6 atom stereocenters. The van der Waals surface area contributed by atoms with Crippen molar-refractivity contribution in [1.29, 1.82) is 0 Å². The molecule has 0 radical (unpaired) electrons. The summed E-state index contributed by atoms with van der Waals surface area (Å²) in [5.41, 5.74) is 0. The van der Waals surface area contributed by atoms with E-state index in [0.29, 0.717) is 25.7 Å². The first kappa shape index (κ1) is 25.5. The molecule has 5 N–H and O–H groups in total. The number of hydrogen-bond acceptors (Lipinski definition) is 7. The predicted molar refractivity (Wildman–Crippen MR) is 110 cm³/mol. The van der Waals surface area contributed by atoms with Crippen LogP contribution >= 0.6 is 0 Å². The highest BCUT2D eigenvalue weighted by Crippen LogP contribution is 2.26. The van der Waals surface area contributed by atoms with Gasteiger partial charge in [0.15, 0.2) is 6.04 Å². The summed E-state index contributed by atoms with van der Waals surface area (Å²) >= 11 is 0. The first-order chi connectivity index (χ1) is 15.0. The molecule has 180 valence electrons. The molecule has 2 aliphatic heterocycles. The fourth-order valence-electron chi connectivity index (χ4n) is 4.21. The van der Waals surface area contributed by atoms with Crippen LogP contribution in [0.25, 0.3) is 0 Å². The van der Waals surface area contributed by atoms with Gasteiger partial charge in [-0.2, -0.15) is 0 Å². The molecule has 0 spiro atoms. The lowest BCUT2D eigenvalue weighted by atomic mass is 10.1. The molecule has 2 saturated heterocycles. The Morgan fingerprint density at radius 2 is 1.38 bits per heavy atom. The summed E-state index contributed by atoms with van der Waals surface area (Å²) in [6, 6.07) is -4.46. The van der Waals surface area contributed by atoms with E-state index >= 15 is 0 Å². The van der Waals surface area contributed by atoms with Crippen LogP contribution in [-0.4, -0.2) is 104 Å². The van der Waals surface area contributed by atoms with Gasteiger partial charge in [0.05, 0.1) is 12.2 Å². The minimum Gasteiger partial charge on any atom is -0.480 e. The van der Waals surface area contributed by atoms with Crippen LogP contribution in [-0.2, 0) is 24.0 Å². The van der Waals surface area contributed by atoms with Crippen molar-refractivity contribution in [2.75, 3.05) is 13.1 Å². The summed E-state index contributed by atoms with van der Waals surface area (Å²) in [7, 11) is 0. The van der Waals surface area contributed by atoms with Crippen LogP contribution < -0.4 is 10.6 Å². The molecule has 0 aliphatic carbocycles. The van der Waals surface area contributed by atoms with E-state index in [1.165, 1.54) is 30.6 Å². The Labute approximate surface area is 185 Å². The molecule has 0 unspecified atom stereocenters. The third-order valence-electron chi connectivity index (χ3n) is 5.81. The number of carbonyl (C=O) groups excluding carboxylic acids is 4. The topological polar surface area (TPSA) is 177 Å². The van der Waals surface area contributed by atoms with E-state index in [-0.39, 0.29) is 13.1 Å². The summed E-state index contributed by atoms with van der Waals surface area (Å²) in [6.45, 7) is 4.37. The number of carboxylic acid groups (broad SMARTS) is 1. The van der Waals surface area contributed by atoms with E-state index in [2.05, 4.69) is 10.6 Å². The Hall–Kier alpha value is -2.73. The van der Waals surface area contributed by atoms with Crippen molar-refractivity contribution in [3.8, 4) is 0 Å². The molecule has 4 amide bonds. The minimum atomic E-state index is -1.51. The largest absolute Gasteiger partial charge is 0.480 e. The highest BCUT2D eigenvalue weighted by Gasteiger charge is 2.44. The van der Waals surface area contributed by atoms with Crippen LogP contribution in [0.15, 0.2) is 0 Å². The number of carbonyl (C=O) groups is 5. The third kappa shape index (κ3) is 5.74. The van der Waals surface area contributed by atoms with Gasteiger partial charge in [0.2, 0.25) is 23.6 Å². The van der Waals surface area contributed by atoms with E-state index < -0.39 is 66.0 Å². The average Bonchev–Trinajstić information content (AvgIpc) is 3.37. The fraction of sp³-hybridized carbons (Fsp3) is 0.750. The van der Waals surface area contributed by atoms with Crippen molar-refractivity contribution < 1.29 is 39.3 Å². The van der Waals surface area contributed by atoms with Crippen LogP contribution in [0.1, 0.15) is 46.5 Å². The van der Waals surface area contributed by atoms with Gasteiger partial charge < -0.3 is 35.8 Å². The van der Waals surface area contributed by atoms with Gasteiger partial charge in [-0.25, -0.2) is 4.79 Å². The van der Waals surface area contributed by atoms with Gasteiger partial charge in [-0.3, -0.25) is 19.2 Å². The van der Waals surface area contributed by atoms with E-state index in [0.717, 1.165) is 0 Å². The normalized spacial score (nSPS) is 24.4. The van der Waals surface area contributed by atoms with Gasteiger partial charge in [-0.05, 0) is 39.5 Å². The van der Waals surface area contributed by atoms with Crippen LogP contribution in [0.2, 0.25) is 0 Å². The van der Waals surface area contributed by atoms with Crippen LogP contribution in [0.4, 0.5) is 0 Å². The lowest BCUT2D eigenvalue weighted by Crippen LogP contribution is -2.59. The molecule has 2 heterocycles. The summed E-state index contributed by atoms with van der Waals surface area (Å²) in [5.74, 6) is -3.58. The highest BCUT2D eigenvalue weighted by molar-refractivity contribution is 5.95. The van der Waals surface area contributed by atoms with Crippen molar-refractivity contribution in [2.24, 2.45) is 0 Å². The van der Waals surface area contributed by atoms with E-state index in [9.17, 15) is 39.3 Å². The van der Waals surface area contributed by atoms with E-state index in [4.69, 9.17) is 0 Å². The molecule has 2 rings (SSSR count). The molecule has 0 aromatic heterocycles. The zero-order valence-electron chi connectivity index (χ0n) is 18.5. The average molecular weight is 456 g/mol. The van der Waals surface area contributed by atoms with E-state index in [1.807, 2.05) is 0 Å². The van der Waals surface area contributed by atoms with Gasteiger partial charge >= 0.3 is 5.97 Å². The summed E-state index contributed by atoms with van der Waals surface area (Å²) in [4.78, 5) is 64.3. The van der Waals surface area contributed by atoms with E-state index in [1.54, 1.807) is 0 Å². The van der Waals surface area contributed by atoms with Crippen molar-refractivity contribution in [3.63, 3.8) is 0 Å². The molecule has 0 saturated carbocycles. The second-order valence-corrected chi connectivity index (χ2v) is 8.36. The molecule has 12 nitrogen and oxygen atoms in total. The van der Waals surface area contributed by atoms with Gasteiger partial charge in [0.1, 0.15) is 18.1 Å². The van der Waals surface area contributed by atoms with Crippen molar-refractivity contribution >= 4 is 29.6 Å². The second-order valence-electron chi connectivity index (χ2n) is 8.36. The van der Waals surface area contributed by atoms with Gasteiger partial charge in [0, 0.05) is 20.0 Å². The first-order valence-corrected chi connectivity index (χ1v) is 10.7. The summed E-state index contributed by atoms with van der Waals surface area (Å²) in [5, 5.41) is 33.4. The number of likely N-dealkylation sites (tertiary alicyclic amines) is 2. The summed E-state index contributed by atoms with van der Waals surface area (Å²) in [6.07, 6.45) is -0.723. The first-order valence-electron chi connectivity index (χ1n) is 10.7. The maximum Gasteiger partial charge on any atom is 0.328 e. The van der Waals surface area contributed by atoms with Crippen molar-refractivity contribution in [1.82, 2.24) is 20.4 Å². The quantitative estimate of drug-likeness (QED) is 0.273. The van der Waals surface area contributed by atoms with Gasteiger partial charge in [-0.15, -0.1) is 0 Å². The van der Waals surface area contributed by atoms with Crippen LogP contribution in [0, 0.1) is 0 Å². The molecular weight excluding hydrogens is 424 g/mol. The Morgan fingerprint density at radius 1 is 0.844 bits per heavy atom. The Bertz CT molecular complexity index is 756. The predicted octanol–water partition coefficient (Wildman–Crippen LogP) is -2.20. The molecule has 0 aromatic rings. The zero-order chi connectivity index (χ0) is 24.2. The Balaban J connectivity index is 2.15.